The molecule has 1 saturated carbocycles. The maximum Gasteiger partial charge on any atom is 0.178 e. The summed E-state index contributed by atoms with van der Waals surface area (Å²) in [6.45, 7) is 7.62. The second kappa shape index (κ2) is 9.73. The average Bonchev–Trinajstić information content (AvgIpc) is 3.60. The van der Waals surface area contributed by atoms with Crippen LogP contribution in [0.3, 0.4) is 0 Å². The van der Waals surface area contributed by atoms with E-state index in [0.717, 1.165) is 34.5 Å². The van der Waals surface area contributed by atoms with Crippen LogP contribution < -0.4 is 5.32 Å². The predicted octanol–water partition coefficient (Wildman–Crippen LogP) is 5.94. The number of nitrogens with one attached hydrogen (secondary N) is 3. The van der Waals surface area contributed by atoms with E-state index in [1.54, 1.807) is 6.20 Å². The van der Waals surface area contributed by atoms with Gasteiger partial charge in [-0.3, -0.25) is 5.10 Å². The lowest BCUT2D eigenvalue weighted by Gasteiger charge is -2.12. The second-order valence-electron chi connectivity index (χ2n) is 8.86. The summed E-state index contributed by atoms with van der Waals surface area (Å²) in [5.74, 6) is 1.05. The Hall–Kier alpha value is -3.58. The van der Waals surface area contributed by atoms with Crippen LogP contribution in [0.4, 0.5) is 4.39 Å². The van der Waals surface area contributed by atoms with Crippen molar-refractivity contribution >= 4 is 27.6 Å². The number of hydrogen-bond donors (Lipinski definition) is 3. The van der Waals surface area contributed by atoms with Gasteiger partial charge in [0, 0.05) is 29.8 Å². The maximum absolute atomic E-state index is 15.2. The first-order valence-corrected chi connectivity index (χ1v) is 11.9. The molecular weight excluding hydrogens is 427 g/mol. The zero-order chi connectivity index (χ0) is 23.5. The summed E-state index contributed by atoms with van der Waals surface area (Å²) in [6, 6.07) is 7.10. The number of halogens is 1. The van der Waals surface area contributed by atoms with E-state index >= 15 is 4.39 Å². The van der Waals surface area contributed by atoms with Gasteiger partial charge in [0.1, 0.15) is 11.5 Å². The molecule has 1 aliphatic carbocycles. The van der Waals surface area contributed by atoms with Crippen molar-refractivity contribution in [2.75, 3.05) is 13.1 Å². The Balaban J connectivity index is 1.45. The Morgan fingerprint density at radius 1 is 1.26 bits per heavy atom. The molecule has 0 saturated heterocycles. The van der Waals surface area contributed by atoms with Crippen molar-refractivity contribution in [2.24, 2.45) is 5.92 Å². The third kappa shape index (κ3) is 4.43. The molecule has 34 heavy (non-hydrogen) atoms. The van der Waals surface area contributed by atoms with Crippen LogP contribution in [-0.4, -0.2) is 38.2 Å². The molecular formula is C27H29FN6. The highest BCUT2D eigenvalue weighted by atomic mass is 19.1. The second-order valence-corrected chi connectivity index (χ2v) is 8.86. The smallest absolute Gasteiger partial charge is 0.178 e. The van der Waals surface area contributed by atoms with Gasteiger partial charge in [0.25, 0.3) is 0 Å². The molecule has 0 atom stereocenters. The number of allylic oxidation sites excluding steroid dienone is 3. The molecule has 5 rings (SSSR count). The number of aromatic amines is 2. The van der Waals surface area contributed by atoms with Crippen LogP contribution in [-0.2, 0) is 0 Å². The molecule has 174 valence electrons. The monoisotopic (exact) mass is 456 g/mol. The number of rotatable bonds is 8. The number of imidazole rings is 1. The van der Waals surface area contributed by atoms with Crippen LogP contribution in [0.5, 0.6) is 0 Å². The van der Waals surface area contributed by atoms with Crippen molar-refractivity contribution in [2.45, 2.75) is 32.6 Å². The van der Waals surface area contributed by atoms with E-state index in [1.165, 1.54) is 31.7 Å². The van der Waals surface area contributed by atoms with Gasteiger partial charge in [0.15, 0.2) is 11.5 Å². The van der Waals surface area contributed by atoms with E-state index in [1.807, 2.05) is 43.4 Å². The van der Waals surface area contributed by atoms with Crippen molar-refractivity contribution < 1.29 is 4.39 Å². The number of nitrogens with zero attached hydrogens (tertiary/aromatic N) is 3. The van der Waals surface area contributed by atoms with E-state index in [-0.39, 0.29) is 5.82 Å². The minimum atomic E-state index is -0.305. The van der Waals surface area contributed by atoms with Crippen LogP contribution in [0.15, 0.2) is 60.8 Å². The zero-order valence-corrected chi connectivity index (χ0v) is 19.4. The Morgan fingerprint density at radius 2 is 2.12 bits per heavy atom. The van der Waals surface area contributed by atoms with E-state index in [4.69, 9.17) is 0 Å². The Labute approximate surface area is 198 Å². The molecule has 1 fully saturated rings. The number of benzene rings is 1. The number of fused-ring (bicyclic) bond motifs is 2. The highest BCUT2D eigenvalue weighted by molar-refractivity contribution is 5.95. The Morgan fingerprint density at radius 3 is 2.88 bits per heavy atom. The van der Waals surface area contributed by atoms with Gasteiger partial charge in [0.05, 0.1) is 11.0 Å². The highest BCUT2D eigenvalue weighted by Gasteiger charge is 2.17. The number of H-pyrrole nitrogens is 2. The molecule has 0 unspecified atom stereocenters. The lowest BCUT2D eigenvalue weighted by molar-refractivity contribution is 0.503. The average molecular weight is 457 g/mol. The molecule has 0 radical (unpaired) electrons. The summed E-state index contributed by atoms with van der Waals surface area (Å²) in [5.41, 5.74) is 5.04. The molecule has 3 aromatic heterocycles. The van der Waals surface area contributed by atoms with Crippen molar-refractivity contribution in [1.82, 2.24) is 30.5 Å². The molecule has 6 nitrogen and oxygen atoms in total. The minimum Gasteiger partial charge on any atom is -0.335 e. The van der Waals surface area contributed by atoms with E-state index < -0.39 is 0 Å². The van der Waals surface area contributed by atoms with Gasteiger partial charge in [0.2, 0.25) is 0 Å². The van der Waals surface area contributed by atoms with E-state index in [0.29, 0.717) is 34.8 Å². The van der Waals surface area contributed by atoms with Crippen LogP contribution in [0.25, 0.3) is 39.2 Å². The van der Waals surface area contributed by atoms with Crippen LogP contribution in [0.2, 0.25) is 0 Å². The predicted molar refractivity (Wildman–Crippen MR) is 136 cm³/mol. The fourth-order valence-corrected chi connectivity index (χ4v) is 4.73. The fourth-order valence-electron chi connectivity index (χ4n) is 4.73. The van der Waals surface area contributed by atoms with Crippen molar-refractivity contribution in [3.8, 4) is 11.5 Å². The number of aromatic nitrogens is 5. The van der Waals surface area contributed by atoms with Gasteiger partial charge in [-0.05, 0) is 61.6 Å². The summed E-state index contributed by atoms with van der Waals surface area (Å²) >= 11 is 0. The molecule has 3 heterocycles. The summed E-state index contributed by atoms with van der Waals surface area (Å²) in [5, 5.41) is 11.7. The Bertz CT molecular complexity index is 1350. The van der Waals surface area contributed by atoms with Gasteiger partial charge in [-0.2, -0.15) is 5.10 Å². The highest BCUT2D eigenvalue weighted by Crippen LogP contribution is 2.31. The third-order valence-electron chi connectivity index (χ3n) is 6.59. The van der Waals surface area contributed by atoms with E-state index in [2.05, 4.69) is 37.0 Å². The largest absolute Gasteiger partial charge is 0.335 e. The lowest BCUT2D eigenvalue weighted by atomic mass is 9.99. The quantitative estimate of drug-likeness (QED) is 0.287. The first-order valence-electron chi connectivity index (χ1n) is 11.9. The van der Waals surface area contributed by atoms with Crippen molar-refractivity contribution in [3.63, 3.8) is 0 Å². The van der Waals surface area contributed by atoms with Gasteiger partial charge in [-0.15, -0.1) is 0 Å². The SMILES string of the molecule is C=C/C(=C\C(=C/C)c1cc2c(-c3nc4ncccc4[nH]3)n[nH]c2cc1F)CNCC1CCCC1. The molecule has 0 spiro atoms. The molecule has 0 amide bonds. The zero-order valence-electron chi connectivity index (χ0n) is 19.4. The first-order chi connectivity index (χ1) is 16.7. The number of hydrogen-bond acceptors (Lipinski definition) is 4. The van der Waals surface area contributed by atoms with Crippen LogP contribution in [0, 0.1) is 11.7 Å². The molecule has 7 heteroatoms. The standard InChI is InChI=1S/C27H29FN6/c1-3-17(15-29-16-18-8-5-6-9-18)12-19(4-2)20-13-21-24(14-22(20)28)33-34-25(21)27-31-23-10-7-11-30-26(23)32-27/h3-4,7,10-14,18,29H,1,5-6,8-9,15-16H2,2H3,(H,33,34)(H,30,31,32)/b17-12+,19-4+. The number of pyridine rings is 1. The topological polar surface area (TPSA) is 82.3 Å². The fraction of sp³-hybridized carbons (Fsp3) is 0.296. The third-order valence-corrected chi connectivity index (χ3v) is 6.59. The van der Waals surface area contributed by atoms with Gasteiger partial charge < -0.3 is 10.3 Å². The van der Waals surface area contributed by atoms with Gasteiger partial charge in [-0.25, -0.2) is 14.4 Å². The molecule has 0 aliphatic heterocycles. The molecule has 0 bridgehead atoms. The maximum atomic E-state index is 15.2. The molecule has 4 aromatic rings. The van der Waals surface area contributed by atoms with E-state index in [9.17, 15) is 0 Å². The van der Waals surface area contributed by atoms with Crippen molar-refractivity contribution in [1.29, 1.82) is 0 Å². The lowest BCUT2D eigenvalue weighted by Crippen LogP contribution is -2.23. The molecule has 1 aliphatic rings. The van der Waals surface area contributed by atoms with Crippen LogP contribution >= 0.6 is 0 Å². The summed E-state index contributed by atoms with van der Waals surface area (Å²) < 4.78 is 15.2. The first kappa shape index (κ1) is 22.2. The minimum absolute atomic E-state index is 0.305. The molecule has 3 N–H and O–H groups in total. The van der Waals surface area contributed by atoms with Crippen molar-refractivity contribution in [3.05, 3.63) is 72.2 Å². The van der Waals surface area contributed by atoms with Crippen LogP contribution in [0.1, 0.15) is 38.2 Å². The van der Waals surface area contributed by atoms with Gasteiger partial charge >= 0.3 is 0 Å². The normalized spacial score (nSPS) is 15.6. The summed E-state index contributed by atoms with van der Waals surface area (Å²) in [4.78, 5) is 12.1. The summed E-state index contributed by atoms with van der Waals surface area (Å²) in [6.07, 6.45) is 12.8. The van der Waals surface area contributed by atoms with Gasteiger partial charge in [-0.1, -0.05) is 37.6 Å². The molecule has 1 aromatic carbocycles. The summed E-state index contributed by atoms with van der Waals surface area (Å²) in [7, 11) is 0. The Kier molecular flexibility index (Phi) is 6.36.